The number of rotatable bonds is 4. The van der Waals surface area contributed by atoms with E-state index in [0.29, 0.717) is 17.3 Å². The Balaban J connectivity index is 1.69. The van der Waals surface area contributed by atoms with Gasteiger partial charge in [0.2, 0.25) is 5.91 Å². The number of aryl methyl sites for hydroxylation is 1. The van der Waals surface area contributed by atoms with Gasteiger partial charge in [0.15, 0.2) is 0 Å². The second-order valence-corrected chi connectivity index (χ2v) is 6.68. The highest BCUT2D eigenvalue weighted by atomic mass is 35.5. The summed E-state index contributed by atoms with van der Waals surface area (Å²) in [4.78, 5) is 14.5. The zero-order valence-corrected chi connectivity index (χ0v) is 14.8. The largest absolute Gasteiger partial charge is 0.324 e. The molecule has 1 aliphatic heterocycles. The van der Waals surface area contributed by atoms with Crippen LogP contribution in [0.1, 0.15) is 17.2 Å². The summed E-state index contributed by atoms with van der Waals surface area (Å²) in [5, 5.41) is 6.69. The number of benzene rings is 2. The van der Waals surface area contributed by atoms with Gasteiger partial charge in [0.1, 0.15) is 5.82 Å². The van der Waals surface area contributed by atoms with Crippen LogP contribution in [-0.4, -0.2) is 37.0 Å². The molecule has 0 spiro atoms. The van der Waals surface area contributed by atoms with Crippen molar-refractivity contribution in [2.75, 3.05) is 31.5 Å². The number of hydrogen-bond acceptors (Lipinski definition) is 3. The Morgan fingerprint density at radius 1 is 1.36 bits per heavy atom. The predicted molar refractivity (Wildman–Crippen MR) is 98.4 cm³/mol. The summed E-state index contributed by atoms with van der Waals surface area (Å²) in [7, 11) is 0. The smallest absolute Gasteiger partial charge is 0.238 e. The Kier molecular flexibility index (Phi) is 5.68. The Hall–Kier alpha value is -1.95. The van der Waals surface area contributed by atoms with Gasteiger partial charge in [-0.3, -0.25) is 9.69 Å². The summed E-state index contributed by atoms with van der Waals surface area (Å²) in [5.41, 5.74) is 2.51. The average Bonchev–Trinajstić information content (AvgIpc) is 2.58. The fourth-order valence-electron chi connectivity index (χ4n) is 3.07. The number of carbonyl (C=O) groups is 1. The first-order valence-electron chi connectivity index (χ1n) is 8.29. The summed E-state index contributed by atoms with van der Waals surface area (Å²) in [6, 6.07) is 12.0. The van der Waals surface area contributed by atoms with Crippen LogP contribution in [-0.2, 0) is 4.79 Å². The normalized spacial score (nSPS) is 18.1. The maximum Gasteiger partial charge on any atom is 0.238 e. The molecule has 1 saturated heterocycles. The molecule has 1 atom stereocenters. The molecule has 1 fully saturated rings. The first-order valence-corrected chi connectivity index (χ1v) is 8.67. The van der Waals surface area contributed by atoms with Gasteiger partial charge in [0, 0.05) is 25.7 Å². The van der Waals surface area contributed by atoms with Gasteiger partial charge in [-0.1, -0.05) is 29.8 Å². The summed E-state index contributed by atoms with van der Waals surface area (Å²) in [6.45, 7) is 4.37. The van der Waals surface area contributed by atoms with Crippen molar-refractivity contribution in [3.8, 4) is 0 Å². The molecule has 2 aromatic rings. The zero-order chi connectivity index (χ0) is 17.8. The number of anilines is 1. The molecule has 132 valence electrons. The van der Waals surface area contributed by atoms with Crippen LogP contribution >= 0.6 is 11.6 Å². The minimum Gasteiger partial charge on any atom is -0.324 e. The average molecular weight is 362 g/mol. The Morgan fingerprint density at radius 2 is 2.20 bits per heavy atom. The van der Waals surface area contributed by atoms with Gasteiger partial charge >= 0.3 is 0 Å². The van der Waals surface area contributed by atoms with Gasteiger partial charge in [-0.25, -0.2) is 4.39 Å². The van der Waals surface area contributed by atoms with Gasteiger partial charge < -0.3 is 10.6 Å². The minimum atomic E-state index is -0.265. The van der Waals surface area contributed by atoms with Crippen molar-refractivity contribution < 1.29 is 9.18 Å². The highest BCUT2D eigenvalue weighted by molar-refractivity contribution is 6.33. The van der Waals surface area contributed by atoms with E-state index in [1.807, 2.05) is 25.1 Å². The van der Waals surface area contributed by atoms with E-state index in [4.69, 9.17) is 11.6 Å². The Morgan fingerprint density at radius 3 is 2.96 bits per heavy atom. The first-order chi connectivity index (χ1) is 12.0. The molecule has 1 aliphatic rings. The van der Waals surface area contributed by atoms with Crippen molar-refractivity contribution >= 4 is 23.2 Å². The second kappa shape index (κ2) is 7.95. The van der Waals surface area contributed by atoms with Crippen LogP contribution in [0.5, 0.6) is 0 Å². The monoisotopic (exact) mass is 361 g/mol. The van der Waals surface area contributed by atoms with E-state index in [9.17, 15) is 9.18 Å². The Bertz CT molecular complexity index is 768. The summed E-state index contributed by atoms with van der Waals surface area (Å²) < 4.78 is 13.5. The number of halogens is 2. The topological polar surface area (TPSA) is 44.4 Å². The molecule has 0 radical (unpaired) electrons. The molecule has 6 heteroatoms. The SMILES string of the molecule is Cc1ccc(NC(=O)CN2CCNCC2c2cccc(F)c2)c(Cl)c1. The van der Waals surface area contributed by atoms with Crippen molar-refractivity contribution in [1.29, 1.82) is 0 Å². The summed E-state index contributed by atoms with van der Waals surface area (Å²) in [5.74, 6) is -0.395. The standard InChI is InChI=1S/C19H21ClFN3O/c1-13-5-6-17(16(20)9-13)23-19(25)12-24-8-7-22-11-18(24)14-3-2-4-15(21)10-14/h2-6,9-10,18,22H,7-8,11-12H2,1H3,(H,23,25). The van der Waals surface area contributed by atoms with E-state index < -0.39 is 0 Å². The van der Waals surface area contributed by atoms with Crippen LogP contribution in [0.2, 0.25) is 5.02 Å². The summed E-state index contributed by atoms with van der Waals surface area (Å²) in [6.07, 6.45) is 0. The zero-order valence-electron chi connectivity index (χ0n) is 14.1. The van der Waals surface area contributed by atoms with Gasteiger partial charge in [0.25, 0.3) is 0 Å². The van der Waals surface area contributed by atoms with Gasteiger partial charge in [-0.15, -0.1) is 0 Å². The van der Waals surface area contributed by atoms with E-state index in [-0.39, 0.29) is 24.3 Å². The number of piperazine rings is 1. The first kappa shape index (κ1) is 17.9. The molecule has 0 bridgehead atoms. The lowest BCUT2D eigenvalue weighted by Gasteiger charge is -2.36. The summed E-state index contributed by atoms with van der Waals surface area (Å²) >= 11 is 6.18. The van der Waals surface area contributed by atoms with Crippen molar-refractivity contribution in [3.05, 3.63) is 64.4 Å². The number of hydrogen-bond donors (Lipinski definition) is 2. The fraction of sp³-hybridized carbons (Fsp3) is 0.316. The Labute approximate surface area is 152 Å². The second-order valence-electron chi connectivity index (χ2n) is 6.28. The van der Waals surface area contributed by atoms with E-state index in [0.717, 1.165) is 24.2 Å². The molecule has 4 nitrogen and oxygen atoms in total. The number of nitrogens with one attached hydrogen (secondary N) is 2. The third-order valence-electron chi connectivity index (χ3n) is 4.33. The number of nitrogens with zero attached hydrogens (tertiary/aromatic N) is 1. The van der Waals surface area contributed by atoms with E-state index >= 15 is 0 Å². The molecular weight excluding hydrogens is 341 g/mol. The van der Waals surface area contributed by atoms with E-state index in [1.165, 1.54) is 12.1 Å². The molecule has 1 unspecified atom stereocenters. The molecule has 2 N–H and O–H groups in total. The number of carbonyl (C=O) groups excluding carboxylic acids is 1. The van der Waals surface area contributed by atoms with Crippen molar-refractivity contribution in [2.45, 2.75) is 13.0 Å². The van der Waals surface area contributed by atoms with Crippen molar-refractivity contribution in [1.82, 2.24) is 10.2 Å². The highest BCUT2D eigenvalue weighted by Gasteiger charge is 2.26. The van der Waals surface area contributed by atoms with Gasteiger partial charge in [-0.2, -0.15) is 0 Å². The molecular formula is C19H21ClFN3O. The van der Waals surface area contributed by atoms with E-state index in [2.05, 4.69) is 15.5 Å². The lowest BCUT2D eigenvalue weighted by Crippen LogP contribution is -2.48. The van der Waals surface area contributed by atoms with Gasteiger partial charge in [-0.05, 0) is 42.3 Å². The van der Waals surface area contributed by atoms with Crippen LogP contribution in [0.25, 0.3) is 0 Å². The highest BCUT2D eigenvalue weighted by Crippen LogP contribution is 2.25. The van der Waals surface area contributed by atoms with Crippen LogP contribution < -0.4 is 10.6 Å². The van der Waals surface area contributed by atoms with E-state index in [1.54, 1.807) is 12.1 Å². The third kappa shape index (κ3) is 4.57. The minimum absolute atomic E-state index is 0.0383. The number of amides is 1. The quantitative estimate of drug-likeness (QED) is 0.877. The van der Waals surface area contributed by atoms with Crippen LogP contribution in [0.3, 0.4) is 0 Å². The van der Waals surface area contributed by atoms with Crippen LogP contribution in [0, 0.1) is 12.7 Å². The lowest BCUT2D eigenvalue weighted by molar-refractivity contribution is -0.118. The fourth-order valence-corrected chi connectivity index (χ4v) is 3.36. The van der Waals surface area contributed by atoms with Crippen LogP contribution in [0.15, 0.2) is 42.5 Å². The maximum absolute atomic E-state index is 13.5. The molecule has 0 aliphatic carbocycles. The van der Waals surface area contributed by atoms with Crippen molar-refractivity contribution in [2.24, 2.45) is 0 Å². The molecule has 0 aromatic heterocycles. The predicted octanol–water partition coefficient (Wildman–Crippen LogP) is 3.37. The molecule has 25 heavy (non-hydrogen) atoms. The molecule has 0 saturated carbocycles. The van der Waals surface area contributed by atoms with Crippen LogP contribution in [0.4, 0.5) is 10.1 Å². The molecule has 3 rings (SSSR count). The van der Waals surface area contributed by atoms with Gasteiger partial charge in [0.05, 0.1) is 17.3 Å². The third-order valence-corrected chi connectivity index (χ3v) is 4.65. The molecule has 1 amide bonds. The molecule has 1 heterocycles. The molecule has 2 aromatic carbocycles. The lowest BCUT2D eigenvalue weighted by atomic mass is 10.0. The maximum atomic E-state index is 13.5. The van der Waals surface area contributed by atoms with Crippen molar-refractivity contribution in [3.63, 3.8) is 0 Å².